The molecule has 1 aliphatic heterocycles. The van der Waals surface area contributed by atoms with Crippen molar-refractivity contribution in [1.29, 1.82) is 0 Å². The third-order valence-electron chi connectivity index (χ3n) is 3.95. The van der Waals surface area contributed by atoms with E-state index in [4.69, 9.17) is 9.26 Å². The summed E-state index contributed by atoms with van der Waals surface area (Å²) in [4.78, 5) is 25.7. The van der Waals surface area contributed by atoms with E-state index in [2.05, 4.69) is 5.16 Å². The first kappa shape index (κ1) is 16.2. The van der Waals surface area contributed by atoms with Crippen LogP contribution in [0.3, 0.4) is 0 Å². The van der Waals surface area contributed by atoms with E-state index < -0.39 is 12.1 Å². The number of carboxylic acids is 1. The monoisotopic (exact) mass is 330 g/mol. The summed E-state index contributed by atoms with van der Waals surface area (Å²) in [5.41, 5.74) is 1.59. The summed E-state index contributed by atoms with van der Waals surface area (Å²) in [6.45, 7) is 3.73. The molecule has 0 aliphatic carbocycles. The van der Waals surface area contributed by atoms with Crippen LogP contribution in [0.2, 0.25) is 0 Å². The molecule has 1 amide bonds. The molecule has 1 aromatic carbocycles. The number of hydrogen-bond acceptors (Lipinski definition) is 5. The highest BCUT2D eigenvalue weighted by Crippen LogP contribution is 2.27. The van der Waals surface area contributed by atoms with Crippen molar-refractivity contribution < 1.29 is 24.0 Å². The minimum Gasteiger partial charge on any atom is -0.479 e. The Hall–Kier alpha value is -2.67. The molecule has 1 N–H and O–H groups in total. The van der Waals surface area contributed by atoms with Gasteiger partial charge >= 0.3 is 5.97 Å². The van der Waals surface area contributed by atoms with Gasteiger partial charge in [-0.1, -0.05) is 35.5 Å². The quantitative estimate of drug-likeness (QED) is 0.925. The van der Waals surface area contributed by atoms with Crippen LogP contribution < -0.4 is 0 Å². The number of rotatable bonds is 3. The number of aromatic nitrogens is 1. The summed E-state index contributed by atoms with van der Waals surface area (Å²) >= 11 is 0. The van der Waals surface area contributed by atoms with E-state index in [9.17, 15) is 14.7 Å². The predicted octanol–water partition coefficient (Wildman–Crippen LogP) is 1.96. The van der Waals surface area contributed by atoms with Crippen molar-refractivity contribution in [3.8, 4) is 11.3 Å². The smallest absolute Gasteiger partial charge is 0.334 e. The maximum Gasteiger partial charge on any atom is 0.334 e. The Bertz CT molecular complexity index is 756. The molecule has 1 aliphatic rings. The average molecular weight is 330 g/mol. The molecule has 0 saturated carbocycles. The van der Waals surface area contributed by atoms with Gasteiger partial charge in [-0.05, 0) is 13.8 Å². The molecule has 0 bridgehead atoms. The predicted molar refractivity (Wildman–Crippen MR) is 84.6 cm³/mol. The first-order valence-corrected chi connectivity index (χ1v) is 7.66. The van der Waals surface area contributed by atoms with Gasteiger partial charge in [-0.25, -0.2) is 4.79 Å². The van der Waals surface area contributed by atoms with Crippen molar-refractivity contribution in [2.75, 3.05) is 13.1 Å². The van der Waals surface area contributed by atoms with Crippen LogP contribution in [0.4, 0.5) is 0 Å². The highest BCUT2D eigenvalue weighted by molar-refractivity contribution is 6.01. The maximum absolute atomic E-state index is 13.0. The summed E-state index contributed by atoms with van der Waals surface area (Å²) in [6.07, 6.45) is -1.39. The van der Waals surface area contributed by atoms with Crippen LogP contribution in [-0.4, -0.2) is 52.3 Å². The van der Waals surface area contributed by atoms with Gasteiger partial charge in [0.05, 0.1) is 12.6 Å². The maximum atomic E-state index is 13.0. The van der Waals surface area contributed by atoms with Crippen molar-refractivity contribution in [2.45, 2.75) is 26.1 Å². The Labute approximate surface area is 138 Å². The average Bonchev–Trinajstić information content (AvgIpc) is 2.96. The molecule has 3 rings (SSSR count). The molecule has 1 aromatic heterocycles. The Morgan fingerprint density at radius 3 is 2.62 bits per heavy atom. The molecule has 1 saturated heterocycles. The molecular weight excluding hydrogens is 312 g/mol. The van der Waals surface area contributed by atoms with E-state index >= 15 is 0 Å². The van der Waals surface area contributed by atoms with E-state index in [-0.39, 0.29) is 18.6 Å². The number of hydrogen-bond donors (Lipinski definition) is 1. The van der Waals surface area contributed by atoms with Gasteiger partial charge < -0.3 is 19.3 Å². The zero-order valence-electron chi connectivity index (χ0n) is 13.4. The number of carbonyl (C=O) groups is 2. The molecular formula is C17H18N2O5. The number of morpholine rings is 1. The summed E-state index contributed by atoms with van der Waals surface area (Å²) in [5.74, 6) is -0.969. The molecule has 0 spiro atoms. The van der Waals surface area contributed by atoms with Gasteiger partial charge in [-0.2, -0.15) is 0 Å². The first-order chi connectivity index (χ1) is 11.5. The molecule has 126 valence electrons. The molecule has 1 unspecified atom stereocenters. The van der Waals surface area contributed by atoms with Gasteiger partial charge in [0.25, 0.3) is 5.91 Å². The van der Waals surface area contributed by atoms with Crippen LogP contribution in [0.1, 0.15) is 23.0 Å². The number of benzene rings is 1. The lowest BCUT2D eigenvalue weighted by molar-refractivity contribution is -0.160. The lowest BCUT2D eigenvalue weighted by Crippen LogP contribution is -2.51. The van der Waals surface area contributed by atoms with Gasteiger partial charge in [0.1, 0.15) is 17.0 Å². The van der Waals surface area contributed by atoms with Crippen molar-refractivity contribution in [3.63, 3.8) is 0 Å². The Morgan fingerprint density at radius 2 is 1.96 bits per heavy atom. The second-order valence-corrected chi connectivity index (χ2v) is 5.81. The molecule has 1 fully saturated rings. The molecule has 2 atom stereocenters. The highest BCUT2D eigenvalue weighted by atomic mass is 16.5. The highest BCUT2D eigenvalue weighted by Gasteiger charge is 2.35. The summed E-state index contributed by atoms with van der Waals surface area (Å²) in [5, 5.41) is 13.2. The second kappa shape index (κ2) is 6.45. The standard InChI is InChI=1S/C17H18N2O5/c1-10-8-19(9-13(23-10)17(21)22)16(20)14-11(2)24-18-15(14)12-6-4-3-5-7-12/h3-7,10,13H,8-9H2,1-2H3,(H,21,22)/t10-,13?/m1/s1. The molecule has 7 heteroatoms. The molecule has 24 heavy (non-hydrogen) atoms. The third-order valence-corrected chi connectivity index (χ3v) is 3.95. The van der Waals surface area contributed by atoms with Gasteiger partial charge in [0.15, 0.2) is 6.10 Å². The van der Waals surface area contributed by atoms with E-state index in [0.717, 1.165) is 5.56 Å². The van der Waals surface area contributed by atoms with E-state index in [1.165, 1.54) is 4.90 Å². The van der Waals surface area contributed by atoms with E-state index in [1.54, 1.807) is 13.8 Å². The fraction of sp³-hybridized carbons (Fsp3) is 0.353. The lowest BCUT2D eigenvalue weighted by atomic mass is 10.0. The fourth-order valence-electron chi connectivity index (χ4n) is 2.83. The van der Waals surface area contributed by atoms with E-state index in [1.807, 2.05) is 30.3 Å². The first-order valence-electron chi connectivity index (χ1n) is 7.66. The number of ether oxygens (including phenoxy) is 1. The number of aliphatic carboxylic acids is 1. The lowest BCUT2D eigenvalue weighted by Gasteiger charge is -2.34. The second-order valence-electron chi connectivity index (χ2n) is 5.81. The molecule has 2 heterocycles. The van der Waals surface area contributed by atoms with Crippen LogP contribution in [0, 0.1) is 6.92 Å². The summed E-state index contributed by atoms with van der Waals surface area (Å²) in [6, 6.07) is 9.26. The minimum atomic E-state index is -1.08. The molecule has 0 radical (unpaired) electrons. The van der Waals surface area contributed by atoms with Crippen molar-refractivity contribution in [3.05, 3.63) is 41.7 Å². The minimum absolute atomic E-state index is 0.00262. The SMILES string of the molecule is Cc1onc(-c2ccccc2)c1C(=O)N1CC(C(=O)O)O[C@H](C)C1. The molecule has 2 aromatic rings. The third kappa shape index (κ3) is 3.03. The van der Waals surface area contributed by atoms with Crippen LogP contribution in [0.5, 0.6) is 0 Å². The number of aryl methyl sites for hydroxylation is 1. The van der Waals surface area contributed by atoms with Crippen LogP contribution >= 0.6 is 0 Å². The fourth-order valence-corrected chi connectivity index (χ4v) is 2.83. The van der Waals surface area contributed by atoms with Crippen LogP contribution in [0.25, 0.3) is 11.3 Å². The van der Waals surface area contributed by atoms with Crippen LogP contribution in [-0.2, 0) is 9.53 Å². The Morgan fingerprint density at radius 1 is 1.25 bits per heavy atom. The molecule has 7 nitrogen and oxygen atoms in total. The van der Waals surface area contributed by atoms with Crippen molar-refractivity contribution in [2.24, 2.45) is 0 Å². The van der Waals surface area contributed by atoms with Crippen molar-refractivity contribution >= 4 is 11.9 Å². The number of nitrogens with zero attached hydrogens (tertiary/aromatic N) is 2. The van der Waals surface area contributed by atoms with Gasteiger partial charge in [-0.15, -0.1) is 0 Å². The Balaban J connectivity index is 1.93. The zero-order chi connectivity index (χ0) is 17.3. The van der Waals surface area contributed by atoms with Gasteiger partial charge in [0, 0.05) is 12.1 Å². The number of carboxylic acid groups (broad SMARTS) is 1. The van der Waals surface area contributed by atoms with Gasteiger partial charge in [-0.3, -0.25) is 4.79 Å². The van der Waals surface area contributed by atoms with Crippen LogP contribution in [0.15, 0.2) is 34.9 Å². The van der Waals surface area contributed by atoms with Crippen molar-refractivity contribution in [1.82, 2.24) is 10.1 Å². The summed E-state index contributed by atoms with van der Waals surface area (Å²) < 4.78 is 10.6. The topological polar surface area (TPSA) is 92.9 Å². The van der Waals surface area contributed by atoms with Gasteiger partial charge in [0.2, 0.25) is 0 Å². The number of carbonyl (C=O) groups excluding carboxylic acids is 1. The van der Waals surface area contributed by atoms with E-state index in [0.29, 0.717) is 23.6 Å². The normalized spacial score (nSPS) is 20.8. The summed E-state index contributed by atoms with van der Waals surface area (Å²) in [7, 11) is 0. The number of amides is 1. The largest absolute Gasteiger partial charge is 0.479 e. The Kier molecular flexibility index (Phi) is 4.35. The zero-order valence-corrected chi connectivity index (χ0v) is 13.4.